The molecule has 2 aromatic rings. The van der Waals surface area contributed by atoms with Crippen molar-refractivity contribution in [1.29, 1.82) is 0 Å². The molecule has 2 rings (SSSR count). The minimum atomic E-state index is -0.999. The van der Waals surface area contributed by atoms with Crippen molar-refractivity contribution in [2.24, 2.45) is 5.92 Å². The van der Waals surface area contributed by atoms with Crippen LogP contribution < -0.4 is 5.56 Å². The highest BCUT2D eigenvalue weighted by Gasteiger charge is 2.24. The molecule has 1 heterocycles. The number of aryl methyl sites for hydroxylation is 1. The molecule has 0 saturated carbocycles. The van der Waals surface area contributed by atoms with Crippen LogP contribution in [0.1, 0.15) is 32.1 Å². The molecule has 0 radical (unpaired) electrons. The zero-order valence-corrected chi connectivity index (χ0v) is 11.8. The first-order valence-electron chi connectivity index (χ1n) is 6.62. The summed E-state index contributed by atoms with van der Waals surface area (Å²) in [4.78, 5) is 28.4. The number of para-hydroxylation sites is 1. The molecule has 5 heteroatoms. The molecule has 1 atom stereocenters. The van der Waals surface area contributed by atoms with Gasteiger partial charge in [0.25, 0.3) is 5.56 Å². The number of aliphatic carboxylic acids is 1. The summed E-state index contributed by atoms with van der Waals surface area (Å²) in [5, 5.41) is 9.86. The summed E-state index contributed by atoms with van der Waals surface area (Å²) < 4.78 is 1.30. The quantitative estimate of drug-likeness (QED) is 0.929. The van der Waals surface area contributed by atoms with Crippen LogP contribution in [0.25, 0.3) is 10.9 Å². The Morgan fingerprint density at radius 2 is 2.00 bits per heavy atom. The number of fused-ring (bicyclic) bond motifs is 1. The van der Waals surface area contributed by atoms with Gasteiger partial charge in [0.1, 0.15) is 11.9 Å². The smallest absolute Gasteiger partial charge is 0.326 e. The Balaban J connectivity index is 2.69. The molecule has 0 fully saturated rings. The highest BCUT2D eigenvalue weighted by molar-refractivity contribution is 5.78. The monoisotopic (exact) mass is 274 g/mol. The SMILES string of the molecule is Cc1nc2ccccc2c(=O)n1C(CC(C)C)C(=O)O. The molecule has 0 aliphatic carbocycles. The standard InChI is InChI=1S/C15H18N2O3/c1-9(2)8-13(15(19)20)17-10(3)16-12-7-5-4-6-11(12)14(17)18/h4-7,9,13H,8H2,1-3H3,(H,19,20). The Morgan fingerprint density at radius 3 is 2.60 bits per heavy atom. The summed E-state index contributed by atoms with van der Waals surface area (Å²) in [5.41, 5.74) is 0.307. The largest absolute Gasteiger partial charge is 0.480 e. The Morgan fingerprint density at radius 1 is 1.35 bits per heavy atom. The third-order valence-corrected chi connectivity index (χ3v) is 3.28. The molecule has 0 aliphatic heterocycles. The van der Waals surface area contributed by atoms with Gasteiger partial charge in [-0.25, -0.2) is 9.78 Å². The van der Waals surface area contributed by atoms with Gasteiger partial charge >= 0.3 is 5.97 Å². The van der Waals surface area contributed by atoms with Crippen molar-refractivity contribution in [3.05, 3.63) is 40.4 Å². The summed E-state index contributed by atoms with van der Waals surface area (Å²) in [5.74, 6) is -0.392. The van der Waals surface area contributed by atoms with Gasteiger partial charge in [-0.2, -0.15) is 0 Å². The lowest BCUT2D eigenvalue weighted by Gasteiger charge is -2.20. The van der Waals surface area contributed by atoms with Gasteiger partial charge < -0.3 is 5.11 Å². The van der Waals surface area contributed by atoms with Crippen LogP contribution in [0, 0.1) is 12.8 Å². The molecule has 1 N–H and O–H groups in total. The number of benzene rings is 1. The van der Waals surface area contributed by atoms with Crippen molar-refractivity contribution in [1.82, 2.24) is 9.55 Å². The number of hydrogen-bond acceptors (Lipinski definition) is 3. The van der Waals surface area contributed by atoms with Gasteiger partial charge in [0.15, 0.2) is 0 Å². The van der Waals surface area contributed by atoms with Crippen molar-refractivity contribution in [2.45, 2.75) is 33.2 Å². The highest BCUT2D eigenvalue weighted by Crippen LogP contribution is 2.19. The molecular formula is C15H18N2O3. The Kier molecular flexibility index (Phi) is 3.88. The predicted molar refractivity (Wildman–Crippen MR) is 76.9 cm³/mol. The highest BCUT2D eigenvalue weighted by atomic mass is 16.4. The van der Waals surface area contributed by atoms with Crippen LogP contribution in [0.5, 0.6) is 0 Å². The maximum Gasteiger partial charge on any atom is 0.326 e. The lowest BCUT2D eigenvalue weighted by atomic mass is 10.0. The second-order valence-corrected chi connectivity index (χ2v) is 5.33. The normalized spacial score (nSPS) is 12.8. The summed E-state index contributed by atoms with van der Waals surface area (Å²) in [6.45, 7) is 5.54. The van der Waals surface area contributed by atoms with Gasteiger partial charge in [0.2, 0.25) is 0 Å². The van der Waals surface area contributed by atoms with E-state index in [1.807, 2.05) is 13.8 Å². The van der Waals surface area contributed by atoms with E-state index >= 15 is 0 Å². The van der Waals surface area contributed by atoms with Crippen molar-refractivity contribution in [3.8, 4) is 0 Å². The fourth-order valence-corrected chi connectivity index (χ4v) is 2.39. The van der Waals surface area contributed by atoms with Crippen LogP contribution in [-0.4, -0.2) is 20.6 Å². The van der Waals surface area contributed by atoms with Gasteiger partial charge in [-0.3, -0.25) is 9.36 Å². The number of aromatic nitrogens is 2. The zero-order valence-electron chi connectivity index (χ0n) is 11.8. The van der Waals surface area contributed by atoms with Crippen LogP contribution in [-0.2, 0) is 4.79 Å². The molecular weight excluding hydrogens is 256 g/mol. The van der Waals surface area contributed by atoms with E-state index in [1.165, 1.54) is 4.57 Å². The molecule has 106 valence electrons. The Hall–Kier alpha value is -2.17. The molecule has 0 bridgehead atoms. The summed E-state index contributed by atoms with van der Waals surface area (Å²) in [6, 6.07) is 6.12. The maximum absolute atomic E-state index is 12.5. The maximum atomic E-state index is 12.5. The Bertz CT molecular complexity index is 704. The van der Waals surface area contributed by atoms with E-state index in [9.17, 15) is 14.7 Å². The lowest BCUT2D eigenvalue weighted by molar-refractivity contribution is -0.141. The van der Waals surface area contributed by atoms with Gasteiger partial charge in [0, 0.05) is 0 Å². The van der Waals surface area contributed by atoms with Crippen LogP contribution in [0.3, 0.4) is 0 Å². The Labute approximate surface area is 116 Å². The number of carboxylic acids is 1. The zero-order chi connectivity index (χ0) is 14.9. The second kappa shape index (κ2) is 5.45. The molecule has 0 spiro atoms. The summed E-state index contributed by atoms with van der Waals surface area (Å²) in [7, 11) is 0. The van der Waals surface area contributed by atoms with Crippen molar-refractivity contribution >= 4 is 16.9 Å². The van der Waals surface area contributed by atoms with Crippen LogP contribution in [0.2, 0.25) is 0 Å². The van der Waals surface area contributed by atoms with E-state index in [1.54, 1.807) is 31.2 Å². The predicted octanol–water partition coefficient (Wildman–Crippen LogP) is 2.38. The summed E-state index contributed by atoms with van der Waals surface area (Å²) >= 11 is 0. The minimum Gasteiger partial charge on any atom is -0.480 e. The number of carbonyl (C=O) groups is 1. The van der Waals surface area contributed by atoms with Gasteiger partial charge in [-0.05, 0) is 31.4 Å². The topological polar surface area (TPSA) is 72.2 Å². The molecule has 5 nitrogen and oxygen atoms in total. The third-order valence-electron chi connectivity index (χ3n) is 3.28. The number of carboxylic acid groups (broad SMARTS) is 1. The van der Waals surface area contributed by atoms with Crippen molar-refractivity contribution in [2.75, 3.05) is 0 Å². The first kappa shape index (κ1) is 14.2. The molecule has 0 saturated heterocycles. The number of hydrogen-bond donors (Lipinski definition) is 1. The van der Waals surface area contributed by atoms with Crippen LogP contribution in [0.4, 0.5) is 0 Å². The fourth-order valence-electron chi connectivity index (χ4n) is 2.39. The van der Waals surface area contributed by atoms with E-state index in [4.69, 9.17) is 0 Å². The number of nitrogens with zero attached hydrogens (tertiary/aromatic N) is 2. The van der Waals surface area contributed by atoms with E-state index in [0.717, 1.165) is 0 Å². The molecule has 1 aromatic carbocycles. The molecule has 1 unspecified atom stereocenters. The van der Waals surface area contributed by atoms with E-state index in [2.05, 4.69) is 4.98 Å². The molecule has 0 amide bonds. The van der Waals surface area contributed by atoms with Gasteiger partial charge in [-0.1, -0.05) is 26.0 Å². The van der Waals surface area contributed by atoms with Gasteiger partial charge in [-0.15, -0.1) is 0 Å². The van der Waals surface area contributed by atoms with E-state index < -0.39 is 12.0 Å². The lowest BCUT2D eigenvalue weighted by Crippen LogP contribution is -2.33. The van der Waals surface area contributed by atoms with E-state index in [-0.39, 0.29) is 11.5 Å². The molecule has 20 heavy (non-hydrogen) atoms. The third kappa shape index (κ3) is 2.57. The molecule has 1 aromatic heterocycles. The van der Waals surface area contributed by atoms with Crippen LogP contribution >= 0.6 is 0 Å². The number of rotatable bonds is 4. The average Bonchev–Trinajstić information content (AvgIpc) is 2.37. The molecule has 0 aliphatic rings. The van der Waals surface area contributed by atoms with Crippen molar-refractivity contribution in [3.63, 3.8) is 0 Å². The second-order valence-electron chi connectivity index (χ2n) is 5.33. The first-order valence-corrected chi connectivity index (χ1v) is 6.62. The fraction of sp³-hybridized carbons (Fsp3) is 0.400. The summed E-state index contributed by atoms with van der Waals surface area (Å²) in [6.07, 6.45) is 0.399. The van der Waals surface area contributed by atoms with Crippen molar-refractivity contribution < 1.29 is 9.90 Å². The van der Waals surface area contributed by atoms with E-state index in [0.29, 0.717) is 23.1 Å². The first-order chi connectivity index (χ1) is 9.41. The minimum absolute atomic E-state index is 0.175. The average molecular weight is 274 g/mol. The van der Waals surface area contributed by atoms with Crippen LogP contribution in [0.15, 0.2) is 29.1 Å². The van der Waals surface area contributed by atoms with Gasteiger partial charge in [0.05, 0.1) is 10.9 Å².